The van der Waals surface area contributed by atoms with Gasteiger partial charge in [-0.3, -0.25) is 9.78 Å². The minimum Gasteiger partial charge on any atom is -0.491 e. The smallest absolute Gasteiger partial charge is 0.239 e. The van der Waals surface area contributed by atoms with Crippen molar-refractivity contribution in [2.75, 3.05) is 23.8 Å². The first-order chi connectivity index (χ1) is 18.5. The first-order valence-corrected chi connectivity index (χ1v) is 13.0. The van der Waals surface area contributed by atoms with Crippen LogP contribution in [-0.2, 0) is 4.79 Å². The van der Waals surface area contributed by atoms with E-state index in [-0.39, 0.29) is 23.2 Å². The molecule has 1 amide bonds. The number of nitriles is 1. The SMILES string of the molecule is CCCCOc1cccnc1-c1cccc(Nc2nc(N[C@H](CC)C(N)=O)nc(OCCCC)c2C#N)c1. The number of carbonyl (C=O) groups excluding carboxylic acids is 1. The molecule has 0 aliphatic carbocycles. The number of pyridine rings is 1. The van der Waals surface area contributed by atoms with Crippen molar-refractivity contribution in [3.8, 4) is 29.0 Å². The van der Waals surface area contributed by atoms with E-state index in [0.29, 0.717) is 36.8 Å². The van der Waals surface area contributed by atoms with Gasteiger partial charge in [0.25, 0.3) is 0 Å². The van der Waals surface area contributed by atoms with Gasteiger partial charge in [-0.25, -0.2) is 0 Å². The number of aromatic nitrogens is 3. The Bertz CT molecular complexity index is 1260. The molecule has 3 aromatic rings. The van der Waals surface area contributed by atoms with Gasteiger partial charge >= 0.3 is 0 Å². The molecule has 0 radical (unpaired) electrons. The normalized spacial score (nSPS) is 11.3. The fraction of sp³-hybridized carbons (Fsp3) is 0.393. The molecule has 3 rings (SSSR count). The van der Waals surface area contributed by atoms with E-state index in [0.717, 1.165) is 31.2 Å². The fourth-order valence-electron chi connectivity index (χ4n) is 3.58. The second kappa shape index (κ2) is 14.4. The molecule has 0 saturated carbocycles. The molecular weight excluding hydrogens is 482 g/mol. The van der Waals surface area contributed by atoms with Gasteiger partial charge in [-0.1, -0.05) is 45.7 Å². The lowest BCUT2D eigenvalue weighted by atomic mass is 10.1. The van der Waals surface area contributed by atoms with Crippen LogP contribution in [0.5, 0.6) is 11.6 Å². The Labute approximate surface area is 223 Å². The molecule has 0 bridgehead atoms. The fourth-order valence-corrected chi connectivity index (χ4v) is 3.58. The Hall–Kier alpha value is -4.39. The molecule has 0 fully saturated rings. The molecule has 10 heteroatoms. The van der Waals surface area contributed by atoms with Crippen LogP contribution in [0, 0.1) is 11.3 Å². The molecule has 0 aliphatic heterocycles. The van der Waals surface area contributed by atoms with E-state index in [1.165, 1.54) is 0 Å². The highest BCUT2D eigenvalue weighted by Crippen LogP contribution is 2.32. The van der Waals surface area contributed by atoms with E-state index in [2.05, 4.69) is 38.6 Å². The van der Waals surface area contributed by atoms with E-state index >= 15 is 0 Å². The number of nitrogens with two attached hydrogens (primary N) is 1. The van der Waals surface area contributed by atoms with Gasteiger partial charge in [0.1, 0.15) is 23.6 Å². The summed E-state index contributed by atoms with van der Waals surface area (Å²) in [7, 11) is 0. The number of ether oxygens (including phenoxy) is 2. The lowest BCUT2D eigenvalue weighted by Crippen LogP contribution is -2.35. The summed E-state index contributed by atoms with van der Waals surface area (Å²) in [5.74, 6) is 0.689. The average molecular weight is 518 g/mol. The highest BCUT2D eigenvalue weighted by Gasteiger charge is 2.20. The maximum atomic E-state index is 11.8. The maximum Gasteiger partial charge on any atom is 0.239 e. The lowest BCUT2D eigenvalue weighted by molar-refractivity contribution is -0.118. The third-order valence-electron chi connectivity index (χ3n) is 5.70. The molecular formula is C28H35N7O3. The molecule has 10 nitrogen and oxygen atoms in total. The van der Waals surface area contributed by atoms with Crippen molar-refractivity contribution >= 4 is 23.4 Å². The number of rotatable bonds is 15. The molecule has 1 aromatic carbocycles. The zero-order chi connectivity index (χ0) is 27.3. The Morgan fingerprint density at radius 2 is 1.84 bits per heavy atom. The summed E-state index contributed by atoms with van der Waals surface area (Å²) < 4.78 is 11.8. The van der Waals surface area contributed by atoms with Gasteiger partial charge in [-0.15, -0.1) is 0 Å². The summed E-state index contributed by atoms with van der Waals surface area (Å²) in [6.45, 7) is 6.99. The summed E-state index contributed by atoms with van der Waals surface area (Å²) >= 11 is 0. The van der Waals surface area contributed by atoms with Crippen LogP contribution in [0.2, 0.25) is 0 Å². The quantitative estimate of drug-likeness (QED) is 0.232. The summed E-state index contributed by atoms with van der Waals surface area (Å²) in [5, 5.41) is 16.1. The zero-order valence-corrected chi connectivity index (χ0v) is 22.2. The van der Waals surface area contributed by atoms with E-state index < -0.39 is 11.9 Å². The van der Waals surface area contributed by atoms with Gasteiger partial charge in [0.15, 0.2) is 11.4 Å². The highest BCUT2D eigenvalue weighted by molar-refractivity contribution is 5.82. The van der Waals surface area contributed by atoms with E-state index in [1.807, 2.05) is 50.2 Å². The molecule has 0 unspecified atom stereocenters. The number of hydrogen-bond acceptors (Lipinski definition) is 9. The van der Waals surface area contributed by atoms with Crippen molar-refractivity contribution in [2.24, 2.45) is 5.73 Å². The Morgan fingerprint density at radius 1 is 1.08 bits per heavy atom. The molecule has 38 heavy (non-hydrogen) atoms. The van der Waals surface area contributed by atoms with Crippen LogP contribution in [0.15, 0.2) is 42.6 Å². The topological polar surface area (TPSA) is 148 Å². The second-order valence-electron chi connectivity index (χ2n) is 8.66. The standard InChI is InChI=1S/C28H35N7O3/c1-4-7-15-37-23-13-10-14-31-24(23)19-11-9-12-20(17-19)32-26-21(18-29)27(38-16-8-5-2)35-28(34-26)33-22(6-3)25(30)36/h9-14,17,22H,4-8,15-16H2,1-3H3,(H2,30,36)(H2,32,33,34,35)/t22-/m1/s1. The Morgan fingerprint density at radius 3 is 2.53 bits per heavy atom. The number of nitrogens with zero attached hydrogens (tertiary/aromatic N) is 4. The number of nitrogens with one attached hydrogen (secondary N) is 2. The summed E-state index contributed by atoms with van der Waals surface area (Å²) in [6, 6.07) is 12.8. The van der Waals surface area contributed by atoms with Gasteiger partial charge < -0.3 is 25.8 Å². The van der Waals surface area contributed by atoms with Crippen LogP contribution in [0.4, 0.5) is 17.5 Å². The van der Waals surface area contributed by atoms with Gasteiger partial charge in [0.2, 0.25) is 17.7 Å². The van der Waals surface area contributed by atoms with E-state index in [9.17, 15) is 10.1 Å². The number of anilines is 3. The van der Waals surface area contributed by atoms with Crippen molar-refractivity contribution in [3.05, 3.63) is 48.2 Å². The van der Waals surface area contributed by atoms with Crippen molar-refractivity contribution in [1.82, 2.24) is 15.0 Å². The van der Waals surface area contributed by atoms with E-state index in [4.69, 9.17) is 15.2 Å². The summed E-state index contributed by atoms with van der Waals surface area (Å²) in [5.41, 5.74) is 7.89. The van der Waals surface area contributed by atoms with Crippen molar-refractivity contribution in [3.63, 3.8) is 0 Å². The number of carbonyl (C=O) groups is 1. The zero-order valence-electron chi connectivity index (χ0n) is 22.2. The Kier molecular flexibility index (Phi) is 10.7. The highest BCUT2D eigenvalue weighted by atomic mass is 16.5. The van der Waals surface area contributed by atoms with Crippen molar-refractivity contribution < 1.29 is 14.3 Å². The van der Waals surface area contributed by atoms with Crippen LogP contribution < -0.4 is 25.8 Å². The minimum absolute atomic E-state index is 0.132. The van der Waals surface area contributed by atoms with Gasteiger partial charge in [0.05, 0.1) is 13.2 Å². The van der Waals surface area contributed by atoms with E-state index in [1.54, 1.807) is 6.20 Å². The predicted octanol–water partition coefficient (Wildman–Crippen LogP) is 5.19. The monoisotopic (exact) mass is 517 g/mol. The second-order valence-corrected chi connectivity index (χ2v) is 8.66. The summed E-state index contributed by atoms with van der Waals surface area (Å²) in [6.07, 6.45) is 5.88. The summed E-state index contributed by atoms with van der Waals surface area (Å²) in [4.78, 5) is 25.2. The van der Waals surface area contributed by atoms with Crippen LogP contribution >= 0.6 is 0 Å². The number of primary amides is 1. The van der Waals surface area contributed by atoms with Gasteiger partial charge in [-0.05, 0) is 43.5 Å². The molecule has 2 heterocycles. The lowest BCUT2D eigenvalue weighted by Gasteiger charge is -2.17. The van der Waals surface area contributed by atoms with Crippen LogP contribution in [0.1, 0.15) is 58.4 Å². The number of amides is 1. The molecule has 0 saturated heterocycles. The van der Waals surface area contributed by atoms with Crippen LogP contribution in [0.25, 0.3) is 11.3 Å². The Balaban J connectivity index is 1.97. The largest absolute Gasteiger partial charge is 0.491 e. The molecule has 4 N–H and O–H groups in total. The molecule has 0 spiro atoms. The first kappa shape index (κ1) is 28.2. The first-order valence-electron chi connectivity index (χ1n) is 13.0. The van der Waals surface area contributed by atoms with Crippen LogP contribution in [0.3, 0.4) is 0 Å². The number of unbranched alkanes of at least 4 members (excludes halogenated alkanes) is 2. The van der Waals surface area contributed by atoms with Gasteiger partial charge in [0, 0.05) is 17.4 Å². The predicted molar refractivity (Wildman–Crippen MR) is 147 cm³/mol. The molecule has 2 aromatic heterocycles. The average Bonchev–Trinajstić information content (AvgIpc) is 2.92. The van der Waals surface area contributed by atoms with Crippen molar-refractivity contribution in [1.29, 1.82) is 5.26 Å². The third kappa shape index (κ3) is 7.56. The van der Waals surface area contributed by atoms with Crippen LogP contribution in [-0.4, -0.2) is 40.1 Å². The molecule has 1 atom stereocenters. The molecule has 0 aliphatic rings. The van der Waals surface area contributed by atoms with Crippen molar-refractivity contribution in [2.45, 2.75) is 58.9 Å². The number of hydrogen-bond donors (Lipinski definition) is 3. The third-order valence-corrected chi connectivity index (χ3v) is 5.70. The molecule has 200 valence electrons. The number of benzene rings is 1. The minimum atomic E-state index is -0.669. The maximum absolute atomic E-state index is 11.8. The van der Waals surface area contributed by atoms with Gasteiger partial charge in [-0.2, -0.15) is 15.2 Å².